The number of rotatable bonds is 0. The summed E-state index contributed by atoms with van der Waals surface area (Å²) in [4.78, 5) is 4.56. The topological polar surface area (TPSA) is 6.48 Å². The highest BCUT2D eigenvalue weighted by atomic mass is 15.3. The first-order valence-electron chi connectivity index (χ1n) is 2.26. The monoisotopic (exact) mass is 111 g/mol. The quantitative estimate of drug-likeness (QED) is 0.369. The summed E-state index contributed by atoms with van der Waals surface area (Å²) in [6.45, 7) is 0. The van der Waals surface area contributed by atoms with Gasteiger partial charge in [0.2, 0.25) is 0 Å². The van der Waals surface area contributed by atoms with E-state index in [0.29, 0.717) is 7.85 Å². The van der Waals surface area contributed by atoms with Crippen LogP contribution in [0.5, 0.6) is 0 Å². The van der Waals surface area contributed by atoms with Crippen LogP contribution in [0.3, 0.4) is 0 Å². The van der Waals surface area contributed by atoms with Gasteiger partial charge in [-0.2, -0.15) is 0 Å². The summed E-state index contributed by atoms with van der Waals surface area (Å²) in [6, 6.07) is 0.787. The SMILES string of the molecule is [BH3-]C1N(C)C=CN1C. The van der Waals surface area contributed by atoms with Crippen molar-refractivity contribution in [3.63, 3.8) is 0 Å². The molecule has 0 amide bonds. The van der Waals surface area contributed by atoms with Gasteiger partial charge in [-0.15, -0.1) is 0 Å². The maximum atomic E-state index is 2.28. The van der Waals surface area contributed by atoms with Gasteiger partial charge in [-0.1, -0.05) is 0 Å². The predicted octanol–water partition coefficient (Wildman–Crippen LogP) is -1.02. The van der Waals surface area contributed by atoms with Crippen molar-refractivity contribution in [3.05, 3.63) is 12.4 Å². The van der Waals surface area contributed by atoms with E-state index >= 15 is 0 Å². The summed E-state index contributed by atoms with van der Waals surface area (Å²) in [5.41, 5.74) is 0. The van der Waals surface area contributed by atoms with Crippen LogP contribution < -0.4 is 0 Å². The zero-order valence-corrected chi connectivity index (χ0v) is 4.63. The lowest BCUT2D eigenvalue weighted by Gasteiger charge is -2.28. The van der Waals surface area contributed by atoms with Crippen molar-refractivity contribution >= 4 is 7.85 Å². The summed E-state index contributed by atoms with van der Waals surface area (Å²) < 4.78 is 0. The molecule has 0 fully saturated rings. The smallest absolute Gasteiger partial charge is 0.0136 e. The van der Waals surface area contributed by atoms with Gasteiger partial charge < -0.3 is 9.80 Å². The minimum absolute atomic E-state index is 0.444. The molecule has 0 spiro atoms. The van der Waals surface area contributed by atoms with E-state index in [1.807, 2.05) is 0 Å². The van der Waals surface area contributed by atoms with E-state index in [2.05, 4.69) is 36.3 Å². The summed E-state index contributed by atoms with van der Waals surface area (Å²) in [5, 5.41) is 0. The fraction of sp³-hybridized carbons (Fsp3) is 0.600. The molecule has 3 heteroatoms. The standard InChI is InChI=1S/C5H12BN2/c1-7-3-4-8(2)5(7)6/h3-5H,1-2,6H3/q-1. The summed E-state index contributed by atoms with van der Waals surface area (Å²) >= 11 is 0. The molecule has 0 radical (unpaired) electrons. The highest BCUT2D eigenvalue weighted by Gasteiger charge is 2.07. The first-order chi connectivity index (χ1) is 3.72. The molecule has 0 N–H and O–H groups in total. The van der Waals surface area contributed by atoms with Crippen LogP contribution >= 0.6 is 0 Å². The molecule has 0 aromatic rings. The molecular formula is C5H12BN2-. The van der Waals surface area contributed by atoms with Gasteiger partial charge in [0.1, 0.15) is 0 Å². The molecule has 1 rings (SSSR count). The summed E-state index contributed by atoms with van der Waals surface area (Å²) in [7, 11) is 4.72. The van der Waals surface area contributed by atoms with E-state index < -0.39 is 0 Å². The Bertz CT molecular complexity index is 101. The van der Waals surface area contributed by atoms with Crippen LogP contribution in [0.25, 0.3) is 0 Å². The number of hydrogen-bond acceptors (Lipinski definition) is 2. The van der Waals surface area contributed by atoms with Gasteiger partial charge in [-0.25, -0.2) is 0 Å². The zero-order valence-electron chi connectivity index (χ0n) is 4.63. The van der Waals surface area contributed by atoms with E-state index in [0.717, 1.165) is 6.07 Å². The van der Waals surface area contributed by atoms with Crippen LogP contribution in [0.2, 0.25) is 0 Å². The van der Waals surface area contributed by atoms with Crippen LogP contribution in [0.15, 0.2) is 12.4 Å². The number of hydrogen-bond donors (Lipinski definition) is 0. The summed E-state index contributed by atoms with van der Waals surface area (Å²) in [6.07, 6.45) is 4.27. The van der Waals surface area contributed by atoms with Gasteiger partial charge in [-0.3, -0.25) is 0 Å². The zero-order chi connectivity index (χ0) is 6.15. The van der Waals surface area contributed by atoms with E-state index in [9.17, 15) is 0 Å². The van der Waals surface area contributed by atoms with Crippen LogP contribution in [-0.4, -0.2) is 37.8 Å². The third-order valence-electron chi connectivity index (χ3n) is 0.901. The van der Waals surface area contributed by atoms with Crippen molar-refractivity contribution in [1.29, 1.82) is 0 Å². The molecule has 0 saturated carbocycles. The first kappa shape index (κ1) is 5.54. The van der Waals surface area contributed by atoms with Gasteiger partial charge in [0.05, 0.1) is 0 Å². The Morgan fingerprint density at radius 3 is 1.75 bits per heavy atom. The second-order valence-electron chi connectivity index (χ2n) is 1.74. The molecule has 0 aromatic heterocycles. The summed E-state index contributed by atoms with van der Waals surface area (Å²) in [5.74, 6) is 0. The molecular weight excluding hydrogens is 98.9 g/mol. The van der Waals surface area contributed by atoms with E-state index in [1.165, 1.54) is 0 Å². The van der Waals surface area contributed by atoms with Crippen LogP contribution in [-0.2, 0) is 0 Å². The molecule has 1 heterocycles. The molecule has 0 unspecified atom stereocenters. The van der Waals surface area contributed by atoms with Crippen LogP contribution in [0, 0.1) is 0 Å². The Hall–Kier alpha value is -0.595. The molecule has 1 aliphatic heterocycles. The highest BCUT2D eigenvalue weighted by Crippen LogP contribution is 2.05. The van der Waals surface area contributed by atoms with E-state index in [-0.39, 0.29) is 0 Å². The number of nitrogens with zero attached hydrogens (tertiary/aromatic N) is 2. The van der Waals surface area contributed by atoms with Crippen molar-refractivity contribution in [2.45, 2.75) is 6.07 Å². The Morgan fingerprint density at radius 2 is 1.62 bits per heavy atom. The normalized spacial score (nSPS) is 20.9. The molecule has 0 saturated heterocycles. The molecule has 1 aliphatic rings. The molecule has 0 atom stereocenters. The van der Waals surface area contributed by atoms with E-state index in [1.54, 1.807) is 0 Å². The maximum Gasteiger partial charge on any atom is 0.0136 e. The molecule has 0 aliphatic carbocycles. The minimum atomic E-state index is 0.444. The maximum absolute atomic E-state index is 2.28. The fourth-order valence-electron chi connectivity index (χ4n) is 0.575. The van der Waals surface area contributed by atoms with Gasteiger partial charge in [-0.05, 0) is 6.07 Å². The largest absolute Gasteiger partial charge is 0.395 e. The van der Waals surface area contributed by atoms with Gasteiger partial charge in [0.15, 0.2) is 0 Å². The van der Waals surface area contributed by atoms with Gasteiger partial charge >= 0.3 is 0 Å². The third-order valence-corrected chi connectivity index (χ3v) is 0.901. The lowest BCUT2D eigenvalue weighted by molar-refractivity contribution is 0.293. The second-order valence-corrected chi connectivity index (χ2v) is 1.74. The lowest BCUT2D eigenvalue weighted by atomic mass is 10.0. The molecule has 2 nitrogen and oxygen atoms in total. The van der Waals surface area contributed by atoms with Gasteiger partial charge in [0, 0.05) is 34.3 Å². The van der Waals surface area contributed by atoms with Crippen molar-refractivity contribution in [2.75, 3.05) is 14.1 Å². The van der Waals surface area contributed by atoms with Crippen molar-refractivity contribution < 1.29 is 0 Å². The van der Waals surface area contributed by atoms with Crippen LogP contribution in [0.4, 0.5) is 0 Å². The Balaban J connectivity index is 2.55. The van der Waals surface area contributed by atoms with Crippen molar-refractivity contribution in [2.24, 2.45) is 0 Å². The Morgan fingerprint density at radius 1 is 1.25 bits per heavy atom. The third kappa shape index (κ3) is 0.682. The predicted molar refractivity (Wildman–Crippen MR) is 38.4 cm³/mol. The molecule has 46 valence electrons. The van der Waals surface area contributed by atoms with Crippen molar-refractivity contribution in [1.82, 2.24) is 9.80 Å². The molecule has 0 bridgehead atoms. The highest BCUT2D eigenvalue weighted by molar-refractivity contribution is 6.11. The second kappa shape index (κ2) is 1.73. The fourth-order valence-corrected chi connectivity index (χ4v) is 0.575. The molecule has 8 heavy (non-hydrogen) atoms. The average Bonchev–Trinajstić information content (AvgIpc) is 1.98. The van der Waals surface area contributed by atoms with Gasteiger partial charge in [0.25, 0.3) is 0 Å². The van der Waals surface area contributed by atoms with Crippen molar-refractivity contribution in [3.8, 4) is 0 Å². The Labute approximate surface area is 51.2 Å². The lowest BCUT2D eigenvalue weighted by Crippen LogP contribution is -2.33. The average molecular weight is 111 g/mol. The first-order valence-corrected chi connectivity index (χ1v) is 2.26. The molecule has 0 aromatic carbocycles. The van der Waals surface area contributed by atoms with Crippen LogP contribution in [0.1, 0.15) is 0 Å². The van der Waals surface area contributed by atoms with E-state index in [4.69, 9.17) is 0 Å². The Kier molecular flexibility index (Phi) is 1.20. The minimum Gasteiger partial charge on any atom is -0.395 e.